The first-order valence-corrected chi connectivity index (χ1v) is 6.91. The Morgan fingerprint density at radius 1 is 1.26 bits per heavy atom. The number of aromatic amines is 1. The highest BCUT2D eigenvalue weighted by atomic mass is 15.2. The SMILES string of the molecule is CC(C)(C)N=CN1CCc2c([nH]c3ccccc23)C1. The molecule has 0 fully saturated rings. The first-order chi connectivity index (χ1) is 9.03. The van der Waals surface area contributed by atoms with Crippen molar-refractivity contribution in [2.45, 2.75) is 39.3 Å². The van der Waals surface area contributed by atoms with Crippen molar-refractivity contribution in [2.24, 2.45) is 4.99 Å². The van der Waals surface area contributed by atoms with Gasteiger partial charge in [-0.1, -0.05) is 18.2 Å². The predicted molar refractivity (Wildman–Crippen MR) is 80.7 cm³/mol. The van der Waals surface area contributed by atoms with Crippen molar-refractivity contribution in [3.8, 4) is 0 Å². The predicted octanol–water partition coefficient (Wildman–Crippen LogP) is 3.35. The molecule has 1 aromatic heterocycles. The Bertz CT molecular complexity index is 616. The zero-order valence-corrected chi connectivity index (χ0v) is 11.9. The number of fused-ring (bicyclic) bond motifs is 3. The number of para-hydroxylation sites is 1. The monoisotopic (exact) mass is 255 g/mol. The Morgan fingerprint density at radius 3 is 2.84 bits per heavy atom. The number of nitrogens with zero attached hydrogens (tertiary/aromatic N) is 2. The number of hydrogen-bond acceptors (Lipinski definition) is 1. The molecule has 3 rings (SSSR count). The molecule has 1 aromatic carbocycles. The van der Waals surface area contributed by atoms with Crippen LogP contribution in [0.25, 0.3) is 10.9 Å². The van der Waals surface area contributed by atoms with Gasteiger partial charge in [0, 0.05) is 23.1 Å². The van der Waals surface area contributed by atoms with Gasteiger partial charge in [0.25, 0.3) is 0 Å². The van der Waals surface area contributed by atoms with E-state index in [9.17, 15) is 0 Å². The first kappa shape index (κ1) is 12.3. The van der Waals surface area contributed by atoms with E-state index in [1.54, 1.807) is 0 Å². The smallest absolute Gasteiger partial charge is 0.0859 e. The van der Waals surface area contributed by atoms with E-state index in [0.717, 1.165) is 19.5 Å². The maximum atomic E-state index is 4.59. The molecule has 2 aromatic rings. The standard InChI is InChI=1S/C16H21N3/c1-16(2,3)17-11-19-9-8-13-12-6-4-5-7-14(12)18-15(13)10-19/h4-7,11,18H,8-10H2,1-3H3. The molecule has 1 aliphatic rings. The number of benzene rings is 1. The molecule has 3 heteroatoms. The van der Waals surface area contributed by atoms with E-state index in [0.29, 0.717) is 0 Å². The highest BCUT2D eigenvalue weighted by Gasteiger charge is 2.19. The second kappa shape index (κ2) is 4.41. The summed E-state index contributed by atoms with van der Waals surface area (Å²) >= 11 is 0. The highest BCUT2D eigenvalue weighted by molar-refractivity contribution is 5.85. The second-order valence-electron chi connectivity index (χ2n) is 6.26. The van der Waals surface area contributed by atoms with Crippen LogP contribution in [0.2, 0.25) is 0 Å². The van der Waals surface area contributed by atoms with E-state index in [1.165, 1.54) is 22.2 Å². The summed E-state index contributed by atoms with van der Waals surface area (Å²) in [4.78, 5) is 10.4. The lowest BCUT2D eigenvalue weighted by molar-refractivity contribution is 0.395. The molecule has 0 spiro atoms. The van der Waals surface area contributed by atoms with Gasteiger partial charge in [-0.3, -0.25) is 4.99 Å². The van der Waals surface area contributed by atoms with Crippen LogP contribution in [0, 0.1) is 0 Å². The zero-order chi connectivity index (χ0) is 13.5. The molecule has 0 aliphatic carbocycles. The van der Waals surface area contributed by atoms with Crippen LogP contribution in [-0.2, 0) is 13.0 Å². The molecular weight excluding hydrogens is 234 g/mol. The Balaban J connectivity index is 1.86. The number of nitrogens with one attached hydrogen (secondary N) is 1. The van der Waals surface area contributed by atoms with Gasteiger partial charge in [-0.25, -0.2) is 0 Å². The third-order valence-electron chi connectivity index (χ3n) is 3.52. The molecule has 2 heterocycles. The second-order valence-corrected chi connectivity index (χ2v) is 6.26. The van der Waals surface area contributed by atoms with Crippen LogP contribution in [0.4, 0.5) is 0 Å². The maximum Gasteiger partial charge on any atom is 0.0859 e. The van der Waals surface area contributed by atoms with Gasteiger partial charge in [-0.05, 0) is 38.8 Å². The van der Waals surface area contributed by atoms with Gasteiger partial charge in [-0.2, -0.15) is 0 Å². The minimum atomic E-state index is 0.000720. The third kappa shape index (κ3) is 2.50. The molecule has 3 nitrogen and oxygen atoms in total. The topological polar surface area (TPSA) is 31.4 Å². The zero-order valence-electron chi connectivity index (χ0n) is 11.9. The Morgan fingerprint density at radius 2 is 2.05 bits per heavy atom. The van der Waals surface area contributed by atoms with Crippen molar-refractivity contribution in [3.05, 3.63) is 35.5 Å². The van der Waals surface area contributed by atoms with Crippen LogP contribution in [-0.4, -0.2) is 28.3 Å². The Hall–Kier alpha value is -1.77. The fourth-order valence-corrected chi connectivity index (χ4v) is 2.57. The number of rotatable bonds is 1. The minimum Gasteiger partial charge on any atom is -0.357 e. The van der Waals surface area contributed by atoms with Crippen LogP contribution < -0.4 is 0 Å². The molecule has 19 heavy (non-hydrogen) atoms. The average molecular weight is 255 g/mol. The van der Waals surface area contributed by atoms with Gasteiger partial charge in [-0.15, -0.1) is 0 Å². The van der Waals surface area contributed by atoms with Crippen molar-refractivity contribution in [3.63, 3.8) is 0 Å². The van der Waals surface area contributed by atoms with E-state index in [4.69, 9.17) is 0 Å². The van der Waals surface area contributed by atoms with E-state index < -0.39 is 0 Å². The van der Waals surface area contributed by atoms with E-state index in [2.05, 4.69) is 59.9 Å². The van der Waals surface area contributed by atoms with Crippen LogP contribution in [0.3, 0.4) is 0 Å². The average Bonchev–Trinajstić information content (AvgIpc) is 2.73. The van der Waals surface area contributed by atoms with E-state index in [-0.39, 0.29) is 5.54 Å². The van der Waals surface area contributed by atoms with Crippen molar-refractivity contribution in [2.75, 3.05) is 6.54 Å². The summed E-state index contributed by atoms with van der Waals surface area (Å²) < 4.78 is 0. The van der Waals surface area contributed by atoms with Gasteiger partial charge in [0.05, 0.1) is 18.4 Å². The molecule has 0 saturated heterocycles. The van der Waals surface area contributed by atoms with Gasteiger partial charge in [0.15, 0.2) is 0 Å². The number of aromatic nitrogens is 1. The molecular formula is C16H21N3. The van der Waals surface area contributed by atoms with Crippen LogP contribution in [0.15, 0.2) is 29.3 Å². The molecule has 0 radical (unpaired) electrons. The lowest BCUT2D eigenvalue weighted by Crippen LogP contribution is -2.30. The summed E-state index contributed by atoms with van der Waals surface area (Å²) in [5, 5.41) is 1.38. The molecule has 1 aliphatic heterocycles. The molecule has 100 valence electrons. The largest absolute Gasteiger partial charge is 0.357 e. The quantitative estimate of drug-likeness (QED) is 0.615. The summed E-state index contributed by atoms with van der Waals surface area (Å²) in [6.45, 7) is 8.36. The summed E-state index contributed by atoms with van der Waals surface area (Å²) in [5.74, 6) is 0. The van der Waals surface area contributed by atoms with Crippen LogP contribution in [0.5, 0.6) is 0 Å². The molecule has 0 atom stereocenters. The van der Waals surface area contributed by atoms with Gasteiger partial charge >= 0.3 is 0 Å². The lowest BCUT2D eigenvalue weighted by Gasteiger charge is -2.26. The van der Waals surface area contributed by atoms with Gasteiger partial charge < -0.3 is 9.88 Å². The minimum absolute atomic E-state index is 0.000720. The Labute approximate surface area is 114 Å². The van der Waals surface area contributed by atoms with E-state index >= 15 is 0 Å². The number of H-pyrrole nitrogens is 1. The van der Waals surface area contributed by atoms with E-state index in [1.807, 2.05) is 6.34 Å². The molecule has 0 amide bonds. The summed E-state index contributed by atoms with van der Waals surface area (Å²) in [6.07, 6.45) is 3.10. The van der Waals surface area contributed by atoms with Crippen LogP contribution >= 0.6 is 0 Å². The molecule has 0 saturated carbocycles. The third-order valence-corrected chi connectivity index (χ3v) is 3.52. The van der Waals surface area contributed by atoms with Crippen molar-refractivity contribution in [1.29, 1.82) is 0 Å². The fourth-order valence-electron chi connectivity index (χ4n) is 2.57. The summed E-state index contributed by atoms with van der Waals surface area (Å²) in [5.41, 5.74) is 4.08. The molecule has 0 unspecified atom stereocenters. The fraction of sp³-hybridized carbons (Fsp3) is 0.438. The first-order valence-electron chi connectivity index (χ1n) is 6.91. The van der Waals surface area contributed by atoms with Crippen molar-refractivity contribution in [1.82, 2.24) is 9.88 Å². The molecule has 0 bridgehead atoms. The summed E-state index contributed by atoms with van der Waals surface area (Å²) in [6, 6.07) is 8.57. The van der Waals surface area contributed by atoms with Gasteiger partial charge in [0.2, 0.25) is 0 Å². The lowest BCUT2D eigenvalue weighted by atomic mass is 10.0. The number of hydrogen-bond donors (Lipinski definition) is 1. The maximum absolute atomic E-state index is 4.59. The summed E-state index contributed by atoms with van der Waals surface area (Å²) in [7, 11) is 0. The van der Waals surface area contributed by atoms with Crippen molar-refractivity contribution < 1.29 is 0 Å². The van der Waals surface area contributed by atoms with Crippen LogP contribution in [0.1, 0.15) is 32.0 Å². The number of aliphatic imine (C=N–C) groups is 1. The normalized spacial score (nSPS) is 16.3. The molecule has 1 N–H and O–H groups in total. The Kier molecular flexibility index (Phi) is 2.85. The van der Waals surface area contributed by atoms with Gasteiger partial charge in [0.1, 0.15) is 0 Å². The van der Waals surface area contributed by atoms with Crippen molar-refractivity contribution >= 4 is 17.2 Å². The highest BCUT2D eigenvalue weighted by Crippen LogP contribution is 2.26.